The molecule has 1 aliphatic rings. The van der Waals surface area contributed by atoms with Crippen LogP contribution in [0, 0.1) is 13.8 Å². The van der Waals surface area contributed by atoms with Crippen LogP contribution in [0.5, 0.6) is 0 Å². The first-order chi connectivity index (χ1) is 10.6. The monoisotopic (exact) mass is 297 g/mol. The maximum absolute atomic E-state index is 11.7. The van der Waals surface area contributed by atoms with E-state index in [-0.39, 0.29) is 11.8 Å². The number of carbonyl (C=O) groups is 1. The molecule has 2 aromatic heterocycles. The van der Waals surface area contributed by atoms with Gasteiger partial charge in [0.2, 0.25) is 5.91 Å². The van der Waals surface area contributed by atoms with Gasteiger partial charge in [-0.2, -0.15) is 0 Å². The Kier molecular flexibility index (Phi) is 3.75. The molecular weight excluding hydrogens is 278 g/mol. The van der Waals surface area contributed by atoms with Gasteiger partial charge in [-0.3, -0.25) is 4.79 Å². The fraction of sp³-hybridized carbons (Fsp3) is 0.375. The van der Waals surface area contributed by atoms with Crippen LogP contribution in [0.2, 0.25) is 0 Å². The minimum Gasteiger partial charge on any atom is -0.341 e. The molecule has 0 aliphatic carbocycles. The zero-order valence-corrected chi connectivity index (χ0v) is 12.8. The molecule has 0 aromatic carbocycles. The van der Waals surface area contributed by atoms with E-state index in [0.717, 1.165) is 41.7 Å². The van der Waals surface area contributed by atoms with Crippen molar-refractivity contribution < 1.29 is 4.79 Å². The number of carbonyl (C=O) groups excluding carboxylic acids is 1. The van der Waals surface area contributed by atoms with Crippen molar-refractivity contribution >= 4 is 5.91 Å². The summed E-state index contributed by atoms with van der Waals surface area (Å²) in [6.07, 6.45) is 4.02. The molecule has 0 bridgehead atoms. The van der Waals surface area contributed by atoms with Crippen LogP contribution in [0.3, 0.4) is 0 Å². The van der Waals surface area contributed by atoms with Crippen molar-refractivity contribution in [3.05, 3.63) is 42.1 Å². The Morgan fingerprint density at radius 1 is 1.45 bits per heavy atom. The smallest absolute Gasteiger partial charge is 0.245 e. The van der Waals surface area contributed by atoms with Gasteiger partial charge in [0, 0.05) is 36.6 Å². The third-order valence-corrected chi connectivity index (χ3v) is 3.86. The Labute approximate surface area is 129 Å². The minimum atomic E-state index is -0.0305. The van der Waals surface area contributed by atoms with Gasteiger partial charge in [-0.25, -0.2) is 15.0 Å². The van der Waals surface area contributed by atoms with Crippen LogP contribution in [0.15, 0.2) is 24.9 Å². The number of aromatic nitrogens is 4. The van der Waals surface area contributed by atoms with E-state index in [1.807, 2.05) is 19.9 Å². The summed E-state index contributed by atoms with van der Waals surface area (Å²) in [5.41, 5.74) is 2.70. The molecule has 6 heteroatoms. The highest BCUT2D eigenvalue weighted by Crippen LogP contribution is 2.26. The maximum Gasteiger partial charge on any atom is 0.245 e. The van der Waals surface area contributed by atoms with Gasteiger partial charge >= 0.3 is 0 Å². The molecule has 1 atom stereocenters. The van der Waals surface area contributed by atoms with E-state index >= 15 is 0 Å². The first-order valence-corrected chi connectivity index (χ1v) is 7.35. The first kappa shape index (κ1) is 14.4. The highest BCUT2D eigenvalue weighted by Gasteiger charge is 2.28. The van der Waals surface area contributed by atoms with Crippen molar-refractivity contribution in [1.82, 2.24) is 24.8 Å². The van der Waals surface area contributed by atoms with Crippen molar-refractivity contribution in [2.75, 3.05) is 13.1 Å². The van der Waals surface area contributed by atoms with E-state index < -0.39 is 0 Å². The molecule has 0 spiro atoms. The SMILES string of the molecule is C=CC(=O)N1CCC(c2nc(C)cc(-c3ncc(C)[nH]3)n2)C1. The summed E-state index contributed by atoms with van der Waals surface area (Å²) in [6.45, 7) is 8.82. The number of imidazole rings is 1. The Morgan fingerprint density at radius 2 is 2.27 bits per heavy atom. The molecule has 1 unspecified atom stereocenters. The summed E-state index contributed by atoms with van der Waals surface area (Å²) in [7, 11) is 0. The van der Waals surface area contributed by atoms with Gasteiger partial charge in [-0.05, 0) is 32.4 Å². The molecule has 0 saturated carbocycles. The number of aryl methyl sites for hydroxylation is 2. The molecular formula is C16H19N5O. The number of H-pyrrole nitrogens is 1. The summed E-state index contributed by atoms with van der Waals surface area (Å²) in [4.78, 5) is 30.2. The zero-order valence-electron chi connectivity index (χ0n) is 12.8. The molecule has 1 fully saturated rings. The Morgan fingerprint density at radius 3 is 2.95 bits per heavy atom. The third-order valence-electron chi connectivity index (χ3n) is 3.86. The van der Waals surface area contributed by atoms with Crippen molar-refractivity contribution in [3.63, 3.8) is 0 Å². The molecule has 6 nitrogen and oxygen atoms in total. The second-order valence-electron chi connectivity index (χ2n) is 5.64. The molecule has 1 saturated heterocycles. The van der Waals surface area contributed by atoms with Crippen LogP contribution in [0.1, 0.15) is 29.6 Å². The van der Waals surface area contributed by atoms with E-state index in [2.05, 4.69) is 26.5 Å². The topological polar surface area (TPSA) is 74.8 Å². The number of likely N-dealkylation sites (tertiary alicyclic amines) is 1. The van der Waals surface area contributed by atoms with Crippen molar-refractivity contribution in [2.45, 2.75) is 26.2 Å². The van der Waals surface area contributed by atoms with Crippen LogP contribution in [0.25, 0.3) is 11.5 Å². The van der Waals surface area contributed by atoms with Crippen molar-refractivity contribution in [2.24, 2.45) is 0 Å². The summed E-state index contributed by atoms with van der Waals surface area (Å²) in [5.74, 6) is 1.67. The second-order valence-corrected chi connectivity index (χ2v) is 5.64. The van der Waals surface area contributed by atoms with Crippen LogP contribution in [-0.2, 0) is 4.79 Å². The van der Waals surface area contributed by atoms with Gasteiger partial charge in [0.25, 0.3) is 0 Å². The number of rotatable bonds is 3. The fourth-order valence-electron chi connectivity index (χ4n) is 2.74. The molecule has 1 aliphatic heterocycles. The average molecular weight is 297 g/mol. The molecule has 22 heavy (non-hydrogen) atoms. The normalized spacial score (nSPS) is 17.7. The molecule has 2 aromatic rings. The number of aromatic amines is 1. The predicted octanol–water partition coefficient (Wildman–Crippen LogP) is 1.99. The first-order valence-electron chi connectivity index (χ1n) is 7.35. The van der Waals surface area contributed by atoms with E-state index in [1.165, 1.54) is 6.08 Å². The highest BCUT2D eigenvalue weighted by molar-refractivity contribution is 5.87. The number of amides is 1. The Hall–Kier alpha value is -2.50. The number of hydrogen-bond donors (Lipinski definition) is 1. The van der Waals surface area contributed by atoms with Crippen LogP contribution >= 0.6 is 0 Å². The van der Waals surface area contributed by atoms with Gasteiger partial charge in [-0.15, -0.1) is 0 Å². The van der Waals surface area contributed by atoms with Gasteiger partial charge in [-0.1, -0.05) is 6.58 Å². The number of nitrogens with zero attached hydrogens (tertiary/aromatic N) is 4. The summed E-state index contributed by atoms with van der Waals surface area (Å²) in [5, 5.41) is 0. The molecule has 3 rings (SSSR count). The second kappa shape index (κ2) is 5.71. The van der Waals surface area contributed by atoms with Crippen molar-refractivity contribution in [3.8, 4) is 11.5 Å². The lowest BCUT2D eigenvalue weighted by Gasteiger charge is -2.14. The zero-order chi connectivity index (χ0) is 15.7. The molecule has 0 radical (unpaired) electrons. The van der Waals surface area contributed by atoms with E-state index in [0.29, 0.717) is 6.54 Å². The van der Waals surface area contributed by atoms with E-state index in [4.69, 9.17) is 0 Å². The lowest BCUT2D eigenvalue weighted by molar-refractivity contribution is -0.125. The van der Waals surface area contributed by atoms with E-state index in [1.54, 1.807) is 11.1 Å². The number of hydrogen-bond acceptors (Lipinski definition) is 4. The quantitative estimate of drug-likeness (QED) is 0.879. The van der Waals surface area contributed by atoms with Gasteiger partial charge in [0.15, 0.2) is 5.82 Å². The molecule has 1 N–H and O–H groups in total. The third kappa shape index (κ3) is 2.77. The Bertz CT molecular complexity index is 721. The van der Waals surface area contributed by atoms with Crippen LogP contribution < -0.4 is 0 Å². The van der Waals surface area contributed by atoms with E-state index in [9.17, 15) is 4.79 Å². The Balaban J connectivity index is 1.87. The van der Waals surface area contributed by atoms with Gasteiger partial charge < -0.3 is 9.88 Å². The van der Waals surface area contributed by atoms with Crippen LogP contribution in [-0.4, -0.2) is 43.8 Å². The fourth-order valence-corrected chi connectivity index (χ4v) is 2.74. The van der Waals surface area contributed by atoms with Crippen molar-refractivity contribution in [1.29, 1.82) is 0 Å². The number of nitrogens with one attached hydrogen (secondary N) is 1. The van der Waals surface area contributed by atoms with Gasteiger partial charge in [0.05, 0.1) is 0 Å². The molecule has 1 amide bonds. The summed E-state index contributed by atoms with van der Waals surface area (Å²) in [6, 6.07) is 1.92. The minimum absolute atomic E-state index is 0.0305. The molecule has 114 valence electrons. The summed E-state index contributed by atoms with van der Waals surface area (Å²) >= 11 is 0. The lowest BCUT2D eigenvalue weighted by Crippen LogP contribution is -2.26. The van der Waals surface area contributed by atoms with Gasteiger partial charge in [0.1, 0.15) is 11.5 Å². The maximum atomic E-state index is 11.7. The van der Waals surface area contributed by atoms with Crippen LogP contribution in [0.4, 0.5) is 0 Å². The summed E-state index contributed by atoms with van der Waals surface area (Å²) < 4.78 is 0. The predicted molar refractivity (Wildman–Crippen MR) is 83.2 cm³/mol. The highest BCUT2D eigenvalue weighted by atomic mass is 16.2. The largest absolute Gasteiger partial charge is 0.341 e. The molecule has 3 heterocycles. The lowest BCUT2D eigenvalue weighted by atomic mass is 10.1. The average Bonchev–Trinajstić information content (AvgIpc) is 3.14. The standard InChI is InChI=1S/C16H19N5O/c1-4-14(22)21-6-5-12(9-21)15-18-10(2)7-13(20-15)16-17-8-11(3)19-16/h4,7-8,12H,1,5-6,9H2,2-3H3,(H,17,19).